The third-order valence-electron chi connectivity index (χ3n) is 2.90. The van der Waals surface area contributed by atoms with E-state index in [0.29, 0.717) is 16.8 Å². The van der Waals surface area contributed by atoms with E-state index in [9.17, 15) is 9.90 Å². The monoisotopic (exact) mass is 494 g/mol. The normalized spacial score (nSPS) is 15.3. The molecule has 0 bridgehead atoms. The van der Waals surface area contributed by atoms with Crippen molar-refractivity contribution < 1.29 is 27.1 Å². The number of carbonyl (C=O) groups excluding carboxylic acids is 1. The third kappa shape index (κ3) is 3.25. The average molecular weight is 494 g/mol. The number of hydrogen-bond acceptors (Lipinski definition) is 3. The van der Waals surface area contributed by atoms with Crippen LogP contribution in [0.5, 0.6) is 5.75 Å². The summed E-state index contributed by atoms with van der Waals surface area (Å²) < 4.78 is 4.33. The molecule has 1 fully saturated rings. The second-order valence-electron chi connectivity index (χ2n) is 4.45. The first-order valence-corrected chi connectivity index (χ1v) is 16.6. The number of alkyl halides is 2. The summed E-state index contributed by atoms with van der Waals surface area (Å²) in [5.41, 5.74) is 7.66. The molecule has 0 radical (unpaired) electrons. The first-order valence-electron chi connectivity index (χ1n) is 6.14. The molecule has 1 heterocycles. The molecule has 0 aliphatic carbocycles. The maximum atomic E-state index is 12.5. The Morgan fingerprint density at radius 2 is 1.85 bits per heavy atom. The van der Waals surface area contributed by atoms with E-state index in [4.69, 9.17) is 5.73 Å². The number of hydrogen-bond donors (Lipinski definition) is 2. The van der Waals surface area contributed by atoms with Crippen molar-refractivity contribution >= 4 is 27.3 Å². The minimum absolute atomic E-state index is 0.0621. The van der Waals surface area contributed by atoms with Gasteiger partial charge >= 0.3 is 132 Å². The summed E-state index contributed by atoms with van der Waals surface area (Å²) in [6, 6.07) is 12.3. The van der Waals surface area contributed by atoms with Crippen molar-refractivity contribution in [3.63, 3.8) is 0 Å². The quantitative estimate of drug-likeness (QED) is 0.270. The molecule has 0 aromatic heterocycles. The summed E-state index contributed by atoms with van der Waals surface area (Å²) >= 11 is -0.374. The van der Waals surface area contributed by atoms with E-state index >= 15 is 0 Å². The molecule has 3 rings (SSSR count). The van der Waals surface area contributed by atoms with Crippen LogP contribution >= 0.6 is 15.8 Å². The van der Waals surface area contributed by atoms with Crippen molar-refractivity contribution in [2.24, 2.45) is 0 Å². The van der Waals surface area contributed by atoms with Gasteiger partial charge in [-0.25, -0.2) is 0 Å². The van der Waals surface area contributed by atoms with Gasteiger partial charge in [0.2, 0.25) is 0 Å². The van der Waals surface area contributed by atoms with Crippen molar-refractivity contribution in [2.45, 2.75) is 0 Å². The van der Waals surface area contributed by atoms with Gasteiger partial charge in [0.1, 0.15) is 0 Å². The zero-order valence-corrected chi connectivity index (χ0v) is 15.0. The van der Waals surface area contributed by atoms with E-state index in [1.807, 2.05) is 12.1 Å². The molecule has 20 heavy (non-hydrogen) atoms. The molecule has 3 N–H and O–H groups in total. The van der Waals surface area contributed by atoms with E-state index in [2.05, 4.69) is 6.07 Å². The van der Waals surface area contributed by atoms with Crippen LogP contribution in [0.25, 0.3) is 0 Å². The molecular weight excluding hydrogens is 480 g/mol. The maximum absolute atomic E-state index is 12.5. The van der Waals surface area contributed by atoms with Gasteiger partial charge in [-0.3, -0.25) is 0 Å². The van der Waals surface area contributed by atoms with Crippen LogP contribution in [0, 0.1) is 3.57 Å². The first-order chi connectivity index (χ1) is 9.63. The van der Waals surface area contributed by atoms with Crippen LogP contribution in [-0.4, -0.2) is 19.7 Å². The van der Waals surface area contributed by atoms with Crippen LogP contribution in [0.4, 0.5) is 5.69 Å². The molecule has 0 unspecified atom stereocenters. The van der Waals surface area contributed by atoms with Crippen LogP contribution in [0.1, 0.15) is 15.9 Å². The van der Waals surface area contributed by atoms with E-state index in [0.717, 1.165) is 0 Å². The second-order valence-corrected chi connectivity index (χ2v) is 21.0. The number of benzene rings is 2. The SMILES string of the molecule is Nc1ccc([I-]I2CC2)cc1C(=O)c1ccc(O)cc1. The first kappa shape index (κ1) is 14.1. The molecule has 1 aliphatic heterocycles. The predicted octanol–water partition coefficient (Wildman–Crippen LogP) is -0.101. The summed E-state index contributed by atoms with van der Waals surface area (Å²) in [5.74, 6) is 0.0996. The van der Waals surface area contributed by atoms with Crippen molar-refractivity contribution in [2.75, 3.05) is 14.6 Å². The fraction of sp³-hybridized carbons (Fsp3) is 0.133. The molecule has 0 amide bonds. The van der Waals surface area contributed by atoms with Crippen molar-refractivity contribution in [1.29, 1.82) is 0 Å². The van der Waals surface area contributed by atoms with Gasteiger partial charge in [0.25, 0.3) is 0 Å². The molecular formula is C15H14I2NO2-. The van der Waals surface area contributed by atoms with Gasteiger partial charge in [0, 0.05) is 0 Å². The van der Waals surface area contributed by atoms with E-state index < -0.39 is 15.8 Å². The van der Waals surface area contributed by atoms with E-state index in [1.54, 1.807) is 12.1 Å². The Balaban J connectivity index is 1.91. The van der Waals surface area contributed by atoms with Crippen LogP contribution in [0.3, 0.4) is 0 Å². The van der Waals surface area contributed by atoms with E-state index in [1.165, 1.54) is 24.6 Å². The van der Waals surface area contributed by atoms with Gasteiger partial charge in [0.15, 0.2) is 0 Å². The Hall–Kier alpha value is -0.830. The molecule has 0 spiro atoms. The fourth-order valence-corrected chi connectivity index (χ4v) is 20.6. The summed E-state index contributed by atoms with van der Waals surface area (Å²) in [7, 11) is 0. The van der Waals surface area contributed by atoms with Crippen LogP contribution in [0.2, 0.25) is 0 Å². The molecule has 2 aromatic carbocycles. The molecule has 3 nitrogen and oxygen atoms in total. The number of nitrogen functional groups attached to an aromatic ring is 1. The molecule has 2 aromatic rings. The number of nitrogens with two attached hydrogens (primary N) is 1. The van der Waals surface area contributed by atoms with Crippen molar-refractivity contribution in [3.8, 4) is 5.75 Å². The topological polar surface area (TPSA) is 63.3 Å². The van der Waals surface area contributed by atoms with Crippen molar-refractivity contribution in [1.82, 2.24) is 0 Å². The summed E-state index contributed by atoms with van der Waals surface area (Å²) in [6.45, 7) is 0. The van der Waals surface area contributed by atoms with Gasteiger partial charge in [-0.05, 0) is 0 Å². The number of halogens is 2. The Bertz CT molecular complexity index is 651. The molecule has 0 saturated carbocycles. The summed E-state index contributed by atoms with van der Waals surface area (Å²) in [5, 5.41) is 9.29. The Labute approximate surface area is 131 Å². The number of phenolic OH excluding ortho intramolecular Hbond substituents is 1. The summed E-state index contributed by atoms with van der Waals surface area (Å²) in [6.07, 6.45) is 0. The number of rotatable bonds is 4. The van der Waals surface area contributed by atoms with E-state index in [-0.39, 0.29) is 28.8 Å². The molecule has 1 aliphatic rings. The Morgan fingerprint density at radius 1 is 1.15 bits per heavy atom. The zero-order chi connectivity index (χ0) is 14.1. The number of phenols is 1. The van der Waals surface area contributed by atoms with Crippen LogP contribution in [-0.2, 0) is 0 Å². The van der Waals surface area contributed by atoms with Gasteiger partial charge in [-0.15, -0.1) is 0 Å². The van der Waals surface area contributed by atoms with Crippen LogP contribution < -0.4 is 23.0 Å². The average Bonchev–Trinajstić information content (AvgIpc) is 3.25. The van der Waals surface area contributed by atoms with Gasteiger partial charge < -0.3 is 0 Å². The number of aromatic hydroxyl groups is 1. The standard InChI is InChI=1S/C15H14I2NO2/c18-14-6-3-11(16-17-7-8-17)9-13(14)15(20)10-1-4-12(19)5-2-10/h1-6,9,19H,7-8,18H2/q-1. The molecule has 1 saturated heterocycles. The number of anilines is 1. The molecule has 0 atom stereocenters. The Morgan fingerprint density at radius 3 is 2.50 bits per heavy atom. The Kier molecular flexibility index (Phi) is 4.16. The fourth-order valence-electron chi connectivity index (χ4n) is 1.75. The number of ketones is 1. The predicted molar refractivity (Wildman–Crippen MR) is 84.8 cm³/mol. The molecule has 5 heteroatoms. The minimum atomic E-state index is -0.531. The summed E-state index contributed by atoms with van der Waals surface area (Å²) in [4.78, 5) is 12.5. The molecule has 106 valence electrons. The van der Waals surface area contributed by atoms with Crippen molar-refractivity contribution in [3.05, 3.63) is 57.2 Å². The second kappa shape index (κ2) is 5.88. The van der Waals surface area contributed by atoms with Gasteiger partial charge in [-0.2, -0.15) is 0 Å². The number of carbonyl (C=O) groups is 1. The third-order valence-corrected chi connectivity index (χ3v) is 19.0. The van der Waals surface area contributed by atoms with Gasteiger partial charge in [-0.1, -0.05) is 0 Å². The van der Waals surface area contributed by atoms with Crippen LogP contribution in [0.15, 0.2) is 42.5 Å². The van der Waals surface area contributed by atoms with Gasteiger partial charge in [0.05, 0.1) is 0 Å². The zero-order valence-electron chi connectivity index (χ0n) is 10.6.